The molecule has 0 aliphatic rings. The van der Waals surface area contributed by atoms with E-state index >= 15 is 0 Å². The highest BCUT2D eigenvalue weighted by Gasteiger charge is 2.06. The molecule has 0 fully saturated rings. The van der Waals surface area contributed by atoms with Crippen LogP contribution in [0.1, 0.15) is 39.0 Å². The van der Waals surface area contributed by atoms with E-state index in [1.807, 2.05) is 0 Å². The van der Waals surface area contributed by atoms with Crippen LogP contribution in [0.4, 0.5) is 0 Å². The normalized spacial score (nSPS) is 10.9. The van der Waals surface area contributed by atoms with Gasteiger partial charge >= 0.3 is 5.97 Å². The molecule has 4 nitrogen and oxygen atoms in total. The molecular formula is C11H24N2O2. The number of nitrogens with zero attached hydrogens (tertiary/aromatic N) is 1. The van der Waals surface area contributed by atoms with Crippen LogP contribution in [0.15, 0.2) is 0 Å². The van der Waals surface area contributed by atoms with Gasteiger partial charge in [0, 0.05) is 6.54 Å². The summed E-state index contributed by atoms with van der Waals surface area (Å²) in [6.45, 7) is 5.42. The van der Waals surface area contributed by atoms with E-state index in [1.165, 1.54) is 12.8 Å². The molecule has 0 spiro atoms. The van der Waals surface area contributed by atoms with Crippen molar-refractivity contribution in [2.24, 2.45) is 5.73 Å². The molecule has 15 heavy (non-hydrogen) atoms. The van der Waals surface area contributed by atoms with Gasteiger partial charge in [-0.2, -0.15) is 0 Å². The first-order valence-electron chi connectivity index (χ1n) is 5.85. The zero-order chi connectivity index (χ0) is 11.5. The minimum atomic E-state index is -0.719. The summed E-state index contributed by atoms with van der Waals surface area (Å²) in [7, 11) is 0. The highest BCUT2D eigenvalue weighted by molar-refractivity contribution is 5.66. The molecule has 3 N–H and O–H groups in total. The Balaban J connectivity index is 3.67. The van der Waals surface area contributed by atoms with Crippen LogP contribution in [0.25, 0.3) is 0 Å². The van der Waals surface area contributed by atoms with E-state index in [2.05, 4.69) is 11.8 Å². The lowest BCUT2D eigenvalue weighted by Crippen LogP contribution is -2.29. The van der Waals surface area contributed by atoms with Gasteiger partial charge in [0.2, 0.25) is 0 Å². The molecule has 0 aromatic carbocycles. The maximum Gasteiger partial charge on any atom is 0.304 e. The number of carboxylic acids is 1. The van der Waals surface area contributed by atoms with Crippen LogP contribution in [-0.4, -0.2) is 42.2 Å². The molecule has 0 atom stereocenters. The van der Waals surface area contributed by atoms with Gasteiger partial charge in [0.25, 0.3) is 0 Å². The summed E-state index contributed by atoms with van der Waals surface area (Å²) in [4.78, 5) is 12.7. The quantitative estimate of drug-likeness (QED) is 0.540. The topological polar surface area (TPSA) is 66.6 Å². The van der Waals surface area contributed by atoms with Crippen molar-refractivity contribution >= 4 is 5.97 Å². The van der Waals surface area contributed by atoms with E-state index in [1.54, 1.807) is 0 Å². The van der Waals surface area contributed by atoms with Crippen LogP contribution < -0.4 is 5.73 Å². The summed E-state index contributed by atoms with van der Waals surface area (Å²) in [5, 5.41) is 8.61. The fourth-order valence-electron chi connectivity index (χ4n) is 1.49. The molecule has 0 rings (SSSR count). The van der Waals surface area contributed by atoms with Crippen molar-refractivity contribution in [3.8, 4) is 0 Å². The molecule has 0 unspecified atom stereocenters. The molecule has 0 aromatic heterocycles. The van der Waals surface area contributed by atoms with E-state index in [4.69, 9.17) is 10.8 Å². The van der Waals surface area contributed by atoms with Crippen molar-refractivity contribution < 1.29 is 9.90 Å². The van der Waals surface area contributed by atoms with Crippen LogP contribution in [0.2, 0.25) is 0 Å². The van der Waals surface area contributed by atoms with Crippen molar-refractivity contribution in [3.05, 3.63) is 0 Å². The molecule has 0 radical (unpaired) electrons. The average Bonchev–Trinajstić information content (AvgIpc) is 2.21. The van der Waals surface area contributed by atoms with Gasteiger partial charge in [-0.05, 0) is 32.5 Å². The number of unbranched alkanes of at least 4 members (excludes halogenated alkanes) is 2. The van der Waals surface area contributed by atoms with Crippen LogP contribution in [-0.2, 0) is 4.79 Å². The molecule has 0 bridgehead atoms. The Labute approximate surface area is 92.4 Å². The monoisotopic (exact) mass is 216 g/mol. The van der Waals surface area contributed by atoms with Gasteiger partial charge in [-0.3, -0.25) is 4.79 Å². The van der Waals surface area contributed by atoms with Gasteiger partial charge in [-0.1, -0.05) is 19.8 Å². The second-order valence-electron chi connectivity index (χ2n) is 3.83. The van der Waals surface area contributed by atoms with Crippen LogP contribution in [0.3, 0.4) is 0 Å². The molecule has 0 saturated carbocycles. The third-order valence-corrected chi connectivity index (χ3v) is 2.40. The second-order valence-corrected chi connectivity index (χ2v) is 3.83. The Morgan fingerprint density at radius 3 is 2.40 bits per heavy atom. The number of hydrogen-bond acceptors (Lipinski definition) is 3. The Morgan fingerprint density at radius 1 is 1.20 bits per heavy atom. The van der Waals surface area contributed by atoms with Crippen LogP contribution in [0.5, 0.6) is 0 Å². The molecular weight excluding hydrogens is 192 g/mol. The summed E-state index contributed by atoms with van der Waals surface area (Å²) in [6, 6.07) is 0. The van der Waals surface area contributed by atoms with E-state index in [-0.39, 0.29) is 6.42 Å². The van der Waals surface area contributed by atoms with E-state index in [0.717, 1.165) is 25.9 Å². The summed E-state index contributed by atoms with van der Waals surface area (Å²) in [5.74, 6) is -0.719. The molecule has 0 saturated heterocycles. The first kappa shape index (κ1) is 14.4. The predicted octanol–water partition coefficient (Wildman–Crippen LogP) is 1.30. The Kier molecular flexibility index (Phi) is 9.52. The Morgan fingerprint density at radius 2 is 1.87 bits per heavy atom. The summed E-state index contributed by atoms with van der Waals surface area (Å²) in [6.07, 6.45) is 4.75. The molecule has 0 aliphatic heterocycles. The van der Waals surface area contributed by atoms with Crippen molar-refractivity contribution in [2.45, 2.75) is 39.0 Å². The lowest BCUT2D eigenvalue weighted by molar-refractivity contribution is -0.137. The predicted molar refractivity (Wildman–Crippen MR) is 61.9 cm³/mol. The van der Waals surface area contributed by atoms with E-state index < -0.39 is 5.97 Å². The van der Waals surface area contributed by atoms with E-state index in [9.17, 15) is 4.79 Å². The first-order valence-corrected chi connectivity index (χ1v) is 5.85. The molecule has 4 heteroatoms. The highest BCUT2D eigenvalue weighted by Crippen LogP contribution is 2.00. The Hall–Kier alpha value is -0.610. The first-order chi connectivity index (χ1) is 7.20. The maximum atomic E-state index is 10.5. The number of hydrogen-bond donors (Lipinski definition) is 2. The smallest absolute Gasteiger partial charge is 0.304 e. The molecule has 0 aromatic rings. The standard InChI is InChI=1S/C11H24N2O2/c1-2-3-4-8-13(9-5-7-12)10-6-11(14)15/h2-10,12H2,1H3,(H,14,15). The minimum Gasteiger partial charge on any atom is -0.481 e. The van der Waals surface area contributed by atoms with Crippen molar-refractivity contribution in [3.63, 3.8) is 0 Å². The largest absolute Gasteiger partial charge is 0.481 e. The number of carbonyl (C=O) groups is 1. The lowest BCUT2D eigenvalue weighted by atomic mass is 10.2. The van der Waals surface area contributed by atoms with Crippen LogP contribution >= 0.6 is 0 Å². The van der Waals surface area contributed by atoms with E-state index in [0.29, 0.717) is 13.1 Å². The van der Waals surface area contributed by atoms with Gasteiger partial charge in [0.05, 0.1) is 6.42 Å². The molecule has 0 aliphatic carbocycles. The zero-order valence-corrected chi connectivity index (χ0v) is 9.74. The average molecular weight is 216 g/mol. The fourth-order valence-corrected chi connectivity index (χ4v) is 1.49. The summed E-state index contributed by atoms with van der Waals surface area (Å²) in [5.41, 5.74) is 5.44. The number of aliphatic carboxylic acids is 1. The highest BCUT2D eigenvalue weighted by atomic mass is 16.4. The lowest BCUT2D eigenvalue weighted by Gasteiger charge is -2.20. The van der Waals surface area contributed by atoms with Crippen molar-refractivity contribution in [1.29, 1.82) is 0 Å². The fraction of sp³-hybridized carbons (Fsp3) is 0.909. The number of nitrogens with two attached hydrogens (primary N) is 1. The van der Waals surface area contributed by atoms with Crippen LogP contribution in [0, 0.1) is 0 Å². The van der Waals surface area contributed by atoms with Gasteiger partial charge in [-0.25, -0.2) is 0 Å². The summed E-state index contributed by atoms with van der Waals surface area (Å²) < 4.78 is 0. The summed E-state index contributed by atoms with van der Waals surface area (Å²) >= 11 is 0. The van der Waals surface area contributed by atoms with Gasteiger partial charge in [0.15, 0.2) is 0 Å². The van der Waals surface area contributed by atoms with Gasteiger partial charge in [0.1, 0.15) is 0 Å². The number of carboxylic acid groups (broad SMARTS) is 1. The van der Waals surface area contributed by atoms with Crippen molar-refractivity contribution in [2.75, 3.05) is 26.2 Å². The molecule has 90 valence electrons. The van der Waals surface area contributed by atoms with Gasteiger partial charge in [-0.15, -0.1) is 0 Å². The minimum absolute atomic E-state index is 0.233. The van der Waals surface area contributed by atoms with Crippen molar-refractivity contribution in [1.82, 2.24) is 4.90 Å². The Bertz CT molecular complexity index is 163. The third-order valence-electron chi connectivity index (χ3n) is 2.40. The molecule has 0 heterocycles. The number of rotatable bonds is 10. The maximum absolute atomic E-state index is 10.5. The second kappa shape index (κ2) is 9.93. The SMILES string of the molecule is CCCCCN(CCCN)CCC(=O)O. The third kappa shape index (κ3) is 9.69. The zero-order valence-electron chi connectivity index (χ0n) is 9.74. The van der Waals surface area contributed by atoms with Gasteiger partial charge < -0.3 is 15.7 Å². The molecule has 0 amide bonds.